The molecule has 8 heteroatoms. The van der Waals surface area contributed by atoms with Crippen molar-refractivity contribution in [1.82, 2.24) is 20.0 Å². The molecule has 0 aromatic carbocycles. The van der Waals surface area contributed by atoms with Crippen molar-refractivity contribution in [2.24, 2.45) is 0 Å². The van der Waals surface area contributed by atoms with Gasteiger partial charge >= 0.3 is 5.97 Å². The van der Waals surface area contributed by atoms with Gasteiger partial charge in [0.2, 0.25) is 0 Å². The largest absolute Gasteiger partial charge is 0.476 e. The van der Waals surface area contributed by atoms with Crippen LogP contribution >= 0.6 is 27.7 Å². The lowest BCUT2D eigenvalue weighted by Crippen LogP contribution is -2.01. The monoisotopic (exact) mass is 328 g/mol. The normalized spacial score (nSPS) is 10.5. The van der Waals surface area contributed by atoms with Crippen LogP contribution in [0.3, 0.4) is 0 Å². The number of carboxylic acids is 1. The van der Waals surface area contributed by atoms with E-state index in [0.29, 0.717) is 6.54 Å². The zero-order valence-corrected chi connectivity index (χ0v) is 11.6. The van der Waals surface area contributed by atoms with Gasteiger partial charge in [0.05, 0.1) is 12.7 Å². The second-order valence-electron chi connectivity index (χ2n) is 3.31. The Kier molecular flexibility index (Phi) is 4.32. The van der Waals surface area contributed by atoms with Gasteiger partial charge in [-0.1, -0.05) is 5.21 Å². The van der Waals surface area contributed by atoms with Crippen molar-refractivity contribution in [2.45, 2.75) is 11.6 Å². The molecule has 0 fully saturated rings. The smallest absolute Gasteiger partial charge is 0.358 e. The Morgan fingerprint density at radius 2 is 2.39 bits per heavy atom. The molecule has 18 heavy (non-hydrogen) atoms. The zero-order valence-electron chi connectivity index (χ0n) is 9.15. The molecule has 0 bridgehead atoms. The molecule has 0 amide bonds. The van der Waals surface area contributed by atoms with E-state index in [9.17, 15) is 4.79 Å². The van der Waals surface area contributed by atoms with Crippen molar-refractivity contribution in [1.29, 1.82) is 0 Å². The summed E-state index contributed by atoms with van der Waals surface area (Å²) in [7, 11) is 0. The SMILES string of the molecule is O=C(O)c1cn(CCSc2ncccc2Br)nn1. The van der Waals surface area contributed by atoms with E-state index in [-0.39, 0.29) is 5.69 Å². The third-order valence-corrected chi connectivity index (χ3v) is 3.93. The minimum Gasteiger partial charge on any atom is -0.476 e. The summed E-state index contributed by atoms with van der Waals surface area (Å²) in [5.41, 5.74) is -0.0426. The van der Waals surface area contributed by atoms with Crippen molar-refractivity contribution in [3.05, 3.63) is 34.7 Å². The molecule has 94 valence electrons. The standard InChI is InChI=1S/C10H9BrN4O2S/c11-7-2-1-3-12-9(7)18-5-4-15-6-8(10(16)17)13-14-15/h1-3,6H,4-5H2,(H,16,17). The highest BCUT2D eigenvalue weighted by Gasteiger charge is 2.08. The first-order valence-corrected chi connectivity index (χ1v) is 6.81. The molecule has 1 N–H and O–H groups in total. The van der Waals surface area contributed by atoms with Crippen molar-refractivity contribution in [3.63, 3.8) is 0 Å². The van der Waals surface area contributed by atoms with Gasteiger partial charge in [0.15, 0.2) is 5.69 Å². The number of nitrogens with zero attached hydrogens (tertiary/aromatic N) is 4. The van der Waals surface area contributed by atoms with E-state index in [2.05, 4.69) is 31.2 Å². The van der Waals surface area contributed by atoms with Gasteiger partial charge in [-0.05, 0) is 28.1 Å². The minimum atomic E-state index is -1.07. The Balaban J connectivity index is 1.88. The average Bonchev–Trinajstić information content (AvgIpc) is 2.80. The van der Waals surface area contributed by atoms with Crippen LogP contribution in [0.25, 0.3) is 0 Å². The third-order valence-electron chi connectivity index (χ3n) is 2.04. The average molecular weight is 329 g/mol. The summed E-state index contributed by atoms with van der Waals surface area (Å²) in [6, 6.07) is 3.78. The molecule has 0 unspecified atom stereocenters. The molecule has 0 aliphatic carbocycles. The molecule has 2 aromatic heterocycles. The fourth-order valence-corrected chi connectivity index (χ4v) is 2.63. The van der Waals surface area contributed by atoms with Crippen LogP contribution in [0.1, 0.15) is 10.5 Å². The molecule has 0 radical (unpaired) electrons. The second kappa shape index (κ2) is 5.96. The predicted octanol–water partition coefficient (Wildman–Crippen LogP) is 1.93. The molecule has 2 rings (SSSR count). The summed E-state index contributed by atoms with van der Waals surface area (Å²) in [5.74, 6) is -0.334. The molecule has 6 nitrogen and oxygen atoms in total. The lowest BCUT2D eigenvalue weighted by atomic mass is 10.5. The van der Waals surface area contributed by atoms with Crippen LogP contribution in [-0.2, 0) is 6.54 Å². The summed E-state index contributed by atoms with van der Waals surface area (Å²) < 4.78 is 2.45. The van der Waals surface area contributed by atoms with Gasteiger partial charge in [-0.3, -0.25) is 4.68 Å². The van der Waals surface area contributed by atoms with E-state index in [1.165, 1.54) is 10.9 Å². The van der Waals surface area contributed by atoms with E-state index in [1.807, 2.05) is 12.1 Å². The number of hydrogen-bond donors (Lipinski definition) is 1. The number of rotatable bonds is 5. The summed E-state index contributed by atoms with van der Waals surface area (Å²) >= 11 is 4.98. The van der Waals surface area contributed by atoms with Crippen LogP contribution in [0.15, 0.2) is 34.0 Å². The van der Waals surface area contributed by atoms with Gasteiger partial charge in [0, 0.05) is 16.4 Å². The van der Waals surface area contributed by atoms with Gasteiger partial charge in [-0.2, -0.15) is 0 Å². The zero-order chi connectivity index (χ0) is 13.0. The highest BCUT2D eigenvalue weighted by molar-refractivity contribution is 9.10. The lowest BCUT2D eigenvalue weighted by Gasteiger charge is -2.02. The Morgan fingerprint density at radius 1 is 1.56 bits per heavy atom. The first-order valence-electron chi connectivity index (χ1n) is 5.03. The number of aromatic nitrogens is 4. The van der Waals surface area contributed by atoms with Crippen LogP contribution in [-0.4, -0.2) is 36.8 Å². The number of halogens is 1. The van der Waals surface area contributed by atoms with Crippen molar-refractivity contribution >= 4 is 33.7 Å². The lowest BCUT2D eigenvalue weighted by molar-refractivity contribution is 0.0690. The number of aryl methyl sites for hydroxylation is 1. The maximum atomic E-state index is 10.6. The Morgan fingerprint density at radius 3 is 3.06 bits per heavy atom. The molecule has 2 heterocycles. The predicted molar refractivity (Wildman–Crippen MR) is 69.6 cm³/mol. The van der Waals surface area contributed by atoms with E-state index >= 15 is 0 Å². The molecule has 0 atom stereocenters. The van der Waals surface area contributed by atoms with E-state index < -0.39 is 5.97 Å². The highest BCUT2D eigenvalue weighted by atomic mass is 79.9. The third kappa shape index (κ3) is 3.30. The molecular formula is C10H9BrN4O2S. The minimum absolute atomic E-state index is 0.0426. The molecule has 2 aromatic rings. The number of thioether (sulfide) groups is 1. The van der Waals surface area contributed by atoms with E-state index in [0.717, 1.165) is 15.3 Å². The van der Waals surface area contributed by atoms with Crippen LogP contribution in [0.4, 0.5) is 0 Å². The van der Waals surface area contributed by atoms with Gasteiger partial charge in [0.25, 0.3) is 0 Å². The Hall–Kier alpha value is -1.41. The summed E-state index contributed by atoms with van der Waals surface area (Å²) in [6.45, 7) is 0.577. The van der Waals surface area contributed by atoms with Crippen LogP contribution in [0.5, 0.6) is 0 Å². The van der Waals surface area contributed by atoms with Crippen LogP contribution in [0.2, 0.25) is 0 Å². The second-order valence-corrected chi connectivity index (χ2v) is 5.25. The molecule has 0 aliphatic rings. The van der Waals surface area contributed by atoms with Gasteiger partial charge in [-0.15, -0.1) is 16.9 Å². The maximum absolute atomic E-state index is 10.6. The highest BCUT2D eigenvalue weighted by Crippen LogP contribution is 2.24. The first-order chi connectivity index (χ1) is 8.66. The van der Waals surface area contributed by atoms with Gasteiger partial charge in [0.1, 0.15) is 5.03 Å². The number of pyridine rings is 1. The molecule has 0 spiro atoms. The fraction of sp³-hybridized carbons (Fsp3) is 0.200. The fourth-order valence-electron chi connectivity index (χ4n) is 1.22. The first kappa shape index (κ1) is 13.0. The molecular weight excluding hydrogens is 320 g/mol. The van der Waals surface area contributed by atoms with Crippen LogP contribution in [0, 0.1) is 0 Å². The molecule has 0 saturated carbocycles. The quantitative estimate of drug-likeness (QED) is 0.844. The number of carboxylic acid groups (broad SMARTS) is 1. The van der Waals surface area contributed by atoms with Crippen LogP contribution < -0.4 is 0 Å². The van der Waals surface area contributed by atoms with Crippen molar-refractivity contribution in [3.8, 4) is 0 Å². The number of aromatic carboxylic acids is 1. The molecule has 0 saturated heterocycles. The van der Waals surface area contributed by atoms with Gasteiger partial charge < -0.3 is 5.11 Å². The topological polar surface area (TPSA) is 80.9 Å². The summed E-state index contributed by atoms with van der Waals surface area (Å²) in [5, 5.41) is 16.9. The summed E-state index contributed by atoms with van der Waals surface area (Å²) in [6.07, 6.45) is 3.14. The Labute approximate surface area is 116 Å². The van der Waals surface area contributed by atoms with E-state index in [4.69, 9.17) is 5.11 Å². The van der Waals surface area contributed by atoms with Crippen molar-refractivity contribution < 1.29 is 9.90 Å². The number of hydrogen-bond acceptors (Lipinski definition) is 5. The van der Waals surface area contributed by atoms with E-state index in [1.54, 1.807) is 18.0 Å². The molecule has 0 aliphatic heterocycles. The maximum Gasteiger partial charge on any atom is 0.358 e. The van der Waals surface area contributed by atoms with Crippen molar-refractivity contribution in [2.75, 3.05) is 5.75 Å². The Bertz CT molecular complexity index is 560. The van der Waals surface area contributed by atoms with Gasteiger partial charge in [-0.25, -0.2) is 9.78 Å². The number of carbonyl (C=O) groups is 1. The summed E-state index contributed by atoms with van der Waals surface area (Å²) in [4.78, 5) is 14.8.